The Bertz CT molecular complexity index is 485. The molecule has 0 amide bonds. The molecule has 0 unspecified atom stereocenters. The quantitative estimate of drug-likeness (QED) is 0.748. The second-order valence-corrected chi connectivity index (χ2v) is 4.04. The minimum atomic E-state index is 0.475. The van der Waals surface area contributed by atoms with Crippen LogP contribution in [0.5, 0.6) is 0 Å². The van der Waals surface area contributed by atoms with Crippen molar-refractivity contribution in [2.75, 3.05) is 12.3 Å². The van der Waals surface area contributed by atoms with Gasteiger partial charge in [-0.1, -0.05) is 31.2 Å². The smallest absolute Gasteiger partial charge is 0.198 e. The molecule has 4 nitrogen and oxygen atoms in total. The number of hydrogen-bond donors (Lipinski definition) is 3. The first-order chi connectivity index (χ1) is 8.24. The van der Waals surface area contributed by atoms with E-state index >= 15 is 0 Å². The van der Waals surface area contributed by atoms with Crippen LogP contribution in [0.1, 0.15) is 18.2 Å². The first-order valence-electron chi connectivity index (χ1n) is 5.88. The summed E-state index contributed by atoms with van der Waals surface area (Å²) >= 11 is 0. The number of aryl methyl sites for hydroxylation is 1. The number of benzene rings is 1. The number of imidazole rings is 1. The molecule has 0 aliphatic rings. The molecule has 0 fully saturated rings. The van der Waals surface area contributed by atoms with Crippen LogP contribution in [0.25, 0.3) is 11.3 Å². The summed E-state index contributed by atoms with van der Waals surface area (Å²) in [5, 5.41) is 0. The maximum atomic E-state index is 5.69. The van der Waals surface area contributed by atoms with Crippen LogP contribution in [0.3, 0.4) is 0 Å². The van der Waals surface area contributed by atoms with Gasteiger partial charge in [0.05, 0.1) is 5.69 Å². The van der Waals surface area contributed by atoms with E-state index in [-0.39, 0.29) is 0 Å². The fraction of sp³-hybridized carbons (Fsp3) is 0.308. The van der Waals surface area contributed by atoms with E-state index in [9.17, 15) is 0 Å². The summed E-state index contributed by atoms with van der Waals surface area (Å²) < 4.78 is 0. The van der Waals surface area contributed by atoms with Crippen LogP contribution >= 0.6 is 0 Å². The van der Waals surface area contributed by atoms with Gasteiger partial charge in [-0.15, -0.1) is 0 Å². The first-order valence-corrected chi connectivity index (χ1v) is 5.88. The molecule has 4 heteroatoms. The van der Waals surface area contributed by atoms with Crippen LogP contribution < -0.4 is 11.5 Å². The normalized spacial score (nSPS) is 10.7. The molecule has 0 aliphatic heterocycles. The molecule has 0 spiro atoms. The maximum absolute atomic E-state index is 5.69. The van der Waals surface area contributed by atoms with Gasteiger partial charge in [0, 0.05) is 11.3 Å². The lowest BCUT2D eigenvalue weighted by Gasteiger charge is -2.02. The lowest BCUT2D eigenvalue weighted by Crippen LogP contribution is -2.02. The monoisotopic (exact) mass is 230 g/mol. The molecule has 0 aliphatic carbocycles. The van der Waals surface area contributed by atoms with E-state index in [1.54, 1.807) is 0 Å². The number of H-pyrrole nitrogens is 1. The number of aromatic nitrogens is 2. The molecule has 0 atom stereocenters. The van der Waals surface area contributed by atoms with Crippen LogP contribution in [0, 0.1) is 0 Å². The molecule has 1 aromatic carbocycles. The average molecular weight is 230 g/mol. The van der Waals surface area contributed by atoms with Crippen molar-refractivity contribution in [3.63, 3.8) is 0 Å². The van der Waals surface area contributed by atoms with E-state index in [0.717, 1.165) is 29.8 Å². The fourth-order valence-electron chi connectivity index (χ4n) is 1.92. The highest BCUT2D eigenvalue weighted by Gasteiger charge is 2.08. The first kappa shape index (κ1) is 11.7. The molecule has 0 radical (unpaired) electrons. The highest BCUT2D eigenvalue weighted by atomic mass is 15.0. The molecule has 1 heterocycles. The molecular weight excluding hydrogens is 212 g/mol. The third kappa shape index (κ3) is 2.47. The van der Waals surface area contributed by atoms with Crippen LogP contribution in [-0.4, -0.2) is 16.5 Å². The lowest BCUT2D eigenvalue weighted by molar-refractivity contribution is 0.969. The van der Waals surface area contributed by atoms with Crippen molar-refractivity contribution < 1.29 is 0 Å². The Morgan fingerprint density at radius 1 is 1.24 bits per heavy atom. The lowest BCUT2D eigenvalue weighted by atomic mass is 10.1. The summed E-state index contributed by atoms with van der Waals surface area (Å²) in [6, 6.07) is 8.32. The minimum absolute atomic E-state index is 0.475. The summed E-state index contributed by atoms with van der Waals surface area (Å²) in [7, 11) is 0. The highest BCUT2D eigenvalue weighted by Crippen LogP contribution is 2.23. The molecule has 0 saturated heterocycles. The number of rotatable bonds is 4. The second-order valence-electron chi connectivity index (χ2n) is 4.04. The largest absolute Gasteiger partial charge is 0.369 e. The van der Waals surface area contributed by atoms with E-state index < -0.39 is 0 Å². The van der Waals surface area contributed by atoms with Crippen LogP contribution in [0.4, 0.5) is 5.95 Å². The Balaban J connectivity index is 2.32. The Morgan fingerprint density at radius 3 is 2.53 bits per heavy atom. The third-order valence-electron chi connectivity index (χ3n) is 2.81. The highest BCUT2D eigenvalue weighted by molar-refractivity contribution is 5.64. The molecule has 2 aromatic rings. The Hall–Kier alpha value is -1.81. The van der Waals surface area contributed by atoms with Gasteiger partial charge in [-0.25, -0.2) is 4.98 Å². The molecule has 5 N–H and O–H groups in total. The summed E-state index contributed by atoms with van der Waals surface area (Å²) in [5.74, 6) is 0.475. The molecule has 2 rings (SSSR count). The van der Waals surface area contributed by atoms with Crippen molar-refractivity contribution in [1.82, 2.24) is 9.97 Å². The second kappa shape index (κ2) is 5.01. The van der Waals surface area contributed by atoms with Crippen molar-refractivity contribution in [3.05, 3.63) is 35.5 Å². The predicted octanol–water partition coefficient (Wildman–Crippen LogP) is 1.72. The van der Waals surface area contributed by atoms with Gasteiger partial charge in [-0.3, -0.25) is 0 Å². The Labute approximate surface area is 101 Å². The number of hydrogen-bond acceptors (Lipinski definition) is 3. The van der Waals surface area contributed by atoms with Crippen molar-refractivity contribution >= 4 is 5.95 Å². The SMILES string of the molecule is CCc1[nH]c(N)nc1-c1ccc(CCN)cc1. The molecule has 1 aromatic heterocycles. The van der Waals surface area contributed by atoms with E-state index in [1.807, 2.05) is 0 Å². The van der Waals surface area contributed by atoms with Crippen LogP contribution in [0.2, 0.25) is 0 Å². The van der Waals surface area contributed by atoms with Crippen molar-refractivity contribution in [2.24, 2.45) is 5.73 Å². The van der Waals surface area contributed by atoms with Gasteiger partial charge in [-0.2, -0.15) is 0 Å². The maximum Gasteiger partial charge on any atom is 0.198 e. The predicted molar refractivity (Wildman–Crippen MR) is 70.6 cm³/mol. The Morgan fingerprint density at radius 2 is 1.94 bits per heavy atom. The molecule has 0 saturated carbocycles. The molecule has 0 bridgehead atoms. The van der Waals surface area contributed by atoms with E-state index in [1.165, 1.54) is 5.56 Å². The van der Waals surface area contributed by atoms with Gasteiger partial charge in [-0.05, 0) is 24.9 Å². The van der Waals surface area contributed by atoms with E-state index in [0.29, 0.717) is 12.5 Å². The number of nitrogen functional groups attached to an aromatic ring is 1. The summed E-state index contributed by atoms with van der Waals surface area (Å²) in [4.78, 5) is 7.40. The summed E-state index contributed by atoms with van der Waals surface area (Å²) in [6.07, 6.45) is 1.80. The summed E-state index contributed by atoms with van der Waals surface area (Å²) in [5.41, 5.74) is 15.6. The van der Waals surface area contributed by atoms with Gasteiger partial charge in [0.15, 0.2) is 5.95 Å². The van der Waals surface area contributed by atoms with Gasteiger partial charge in [0.2, 0.25) is 0 Å². The van der Waals surface area contributed by atoms with Crippen LogP contribution in [-0.2, 0) is 12.8 Å². The van der Waals surface area contributed by atoms with Gasteiger partial charge < -0.3 is 16.5 Å². The number of nitrogens with two attached hydrogens (primary N) is 2. The third-order valence-corrected chi connectivity index (χ3v) is 2.81. The zero-order chi connectivity index (χ0) is 12.3. The molecular formula is C13H18N4. The van der Waals surface area contributed by atoms with Gasteiger partial charge >= 0.3 is 0 Å². The standard InChI is InChI=1S/C13H18N4/c1-2-11-12(17-13(15)16-11)10-5-3-9(4-6-10)7-8-14/h3-6H,2,7-8,14H2,1H3,(H3,15,16,17). The van der Waals surface area contributed by atoms with Gasteiger partial charge in [0.25, 0.3) is 0 Å². The molecule has 90 valence electrons. The number of anilines is 1. The zero-order valence-electron chi connectivity index (χ0n) is 10.0. The van der Waals surface area contributed by atoms with E-state index in [4.69, 9.17) is 11.5 Å². The van der Waals surface area contributed by atoms with Gasteiger partial charge in [0.1, 0.15) is 0 Å². The van der Waals surface area contributed by atoms with Crippen LogP contribution in [0.15, 0.2) is 24.3 Å². The molecule has 17 heavy (non-hydrogen) atoms. The summed E-state index contributed by atoms with van der Waals surface area (Å²) in [6.45, 7) is 2.76. The van der Waals surface area contributed by atoms with Crippen molar-refractivity contribution in [3.8, 4) is 11.3 Å². The number of aromatic amines is 1. The zero-order valence-corrected chi connectivity index (χ0v) is 10.0. The topological polar surface area (TPSA) is 80.7 Å². The van der Waals surface area contributed by atoms with Crippen molar-refractivity contribution in [2.45, 2.75) is 19.8 Å². The number of nitrogens with zero attached hydrogens (tertiary/aromatic N) is 1. The van der Waals surface area contributed by atoms with E-state index in [2.05, 4.69) is 41.2 Å². The van der Waals surface area contributed by atoms with Crippen molar-refractivity contribution in [1.29, 1.82) is 0 Å². The Kier molecular flexibility index (Phi) is 3.44. The average Bonchev–Trinajstić information content (AvgIpc) is 2.72. The number of nitrogens with one attached hydrogen (secondary N) is 1. The minimum Gasteiger partial charge on any atom is -0.369 e. The fourth-order valence-corrected chi connectivity index (χ4v) is 1.92.